The van der Waals surface area contributed by atoms with Crippen LogP contribution in [0.1, 0.15) is 54.2 Å². The van der Waals surface area contributed by atoms with Crippen molar-refractivity contribution in [3.63, 3.8) is 0 Å². The summed E-state index contributed by atoms with van der Waals surface area (Å²) >= 11 is 0. The Morgan fingerprint density at radius 3 is 2.58 bits per heavy atom. The zero-order valence-electron chi connectivity index (χ0n) is 19.0. The van der Waals surface area contributed by atoms with Crippen LogP contribution in [-0.4, -0.2) is 34.3 Å². The zero-order valence-corrected chi connectivity index (χ0v) is 19.0. The van der Waals surface area contributed by atoms with E-state index in [1.54, 1.807) is 0 Å². The van der Waals surface area contributed by atoms with E-state index in [2.05, 4.69) is 15.6 Å². The van der Waals surface area contributed by atoms with Crippen molar-refractivity contribution in [2.75, 3.05) is 7.05 Å². The van der Waals surface area contributed by atoms with E-state index < -0.39 is 17.5 Å². The Hall–Kier alpha value is -3.29. The number of halogens is 2. The normalized spacial score (nSPS) is 18.3. The van der Waals surface area contributed by atoms with E-state index in [4.69, 9.17) is 0 Å². The van der Waals surface area contributed by atoms with Crippen molar-refractivity contribution in [2.45, 2.75) is 52.0 Å². The van der Waals surface area contributed by atoms with Crippen LogP contribution in [0, 0.1) is 24.5 Å². The minimum atomic E-state index is -0.824. The summed E-state index contributed by atoms with van der Waals surface area (Å²) in [6.07, 6.45) is 6.13. The molecule has 0 aliphatic heterocycles. The maximum atomic E-state index is 15.1. The Morgan fingerprint density at radius 1 is 1.18 bits per heavy atom. The number of benzene rings is 1. The van der Waals surface area contributed by atoms with Gasteiger partial charge in [0.15, 0.2) is 0 Å². The minimum Gasteiger partial charge on any atom is -0.355 e. The Morgan fingerprint density at radius 2 is 1.91 bits per heavy atom. The number of pyridine rings is 1. The Kier molecular flexibility index (Phi) is 6.44. The molecule has 1 aliphatic carbocycles. The van der Waals surface area contributed by atoms with Gasteiger partial charge in [0, 0.05) is 31.8 Å². The van der Waals surface area contributed by atoms with Crippen molar-refractivity contribution < 1.29 is 18.4 Å². The number of nitrogens with one attached hydrogen (secondary N) is 2. The third-order valence-electron chi connectivity index (χ3n) is 6.32. The molecule has 2 N–H and O–H groups in total. The van der Waals surface area contributed by atoms with Crippen LogP contribution >= 0.6 is 0 Å². The van der Waals surface area contributed by atoms with Crippen LogP contribution in [-0.2, 0) is 11.2 Å². The van der Waals surface area contributed by atoms with Crippen molar-refractivity contribution in [2.24, 2.45) is 5.92 Å². The van der Waals surface area contributed by atoms with Gasteiger partial charge in [-0.25, -0.2) is 13.8 Å². The fraction of sp³-hybridized carbons (Fsp3) is 0.400. The lowest BCUT2D eigenvalue weighted by atomic mass is 9.82. The molecule has 3 aromatic rings. The summed E-state index contributed by atoms with van der Waals surface area (Å²) < 4.78 is 32.2. The molecule has 0 spiro atoms. The third-order valence-corrected chi connectivity index (χ3v) is 6.32. The summed E-state index contributed by atoms with van der Waals surface area (Å²) in [4.78, 5) is 28.0. The second-order valence-corrected chi connectivity index (χ2v) is 8.87. The van der Waals surface area contributed by atoms with Gasteiger partial charge in [0.2, 0.25) is 5.91 Å². The highest BCUT2D eigenvalue weighted by molar-refractivity contribution is 5.94. The number of aromatic nitrogens is 2. The first-order chi connectivity index (χ1) is 15.8. The summed E-state index contributed by atoms with van der Waals surface area (Å²) in [6, 6.07) is 6.01. The number of rotatable bonds is 5. The van der Waals surface area contributed by atoms with Gasteiger partial charge in [-0.3, -0.25) is 9.59 Å². The first-order valence-electron chi connectivity index (χ1n) is 11.2. The van der Waals surface area contributed by atoms with Gasteiger partial charge in [-0.2, -0.15) is 0 Å². The van der Waals surface area contributed by atoms with Crippen molar-refractivity contribution in [1.29, 1.82) is 0 Å². The van der Waals surface area contributed by atoms with Crippen molar-refractivity contribution in [1.82, 2.24) is 20.0 Å². The average molecular weight is 455 g/mol. The summed E-state index contributed by atoms with van der Waals surface area (Å²) in [5.74, 6) is -2.01. The molecule has 0 bridgehead atoms. The highest BCUT2D eigenvalue weighted by Crippen LogP contribution is 2.35. The van der Waals surface area contributed by atoms with Gasteiger partial charge < -0.3 is 15.0 Å². The van der Waals surface area contributed by atoms with Gasteiger partial charge >= 0.3 is 0 Å². The van der Waals surface area contributed by atoms with E-state index >= 15 is 8.78 Å². The van der Waals surface area contributed by atoms with Crippen LogP contribution in [0.3, 0.4) is 0 Å². The second kappa shape index (κ2) is 9.29. The quantitative estimate of drug-likeness (QED) is 0.607. The van der Waals surface area contributed by atoms with Crippen LogP contribution in [0.5, 0.6) is 0 Å². The summed E-state index contributed by atoms with van der Waals surface area (Å²) in [5, 5.41) is 5.39. The van der Waals surface area contributed by atoms with E-state index in [9.17, 15) is 9.59 Å². The number of aryl methyl sites for hydroxylation is 1. The first kappa shape index (κ1) is 22.9. The third kappa shape index (κ3) is 4.74. The summed E-state index contributed by atoms with van der Waals surface area (Å²) in [5.41, 5.74) is 2.27. The molecule has 8 heteroatoms. The summed E-state index contributed by atoms with van der Waals surface area (Å²) in [6.45, 7) is 3.45. The first-order valence-corrected chi connectivity index (χ1v) is 11.2. The molecular formula is C25H28F2N4O2. The zero-order chi connectivity index (χ0) is 23.7. The number of hydrogen-bond donors (Lipinski definition) is 2. The van der Waals surface area contributed by atoms with Crippen LogP contribution < -0.4 is 10.6 Å². The molecule has 0 radical (unpaired) electrons. The number of fused-ring (bicyclic) bond motifs is 1. The molecular weight excluding hydrogens is 426 g/mol. The van der Waals surface area contributed by atoms with E-state index in [1.807, 2.05) is 29.7 Å². The molecule has 2 atom stereocenters. The number of carbonyl (C=O) groups excluding carboxylic acids is 2. The van der Waals surface area contributed by atoms with Gasteiger partial charge in [-0.15, -0.1) is 0 Å². The number of nitrogens with zero attached hydrogens (tertiary/aromatic N) is 2. The van der Waals surface area contributed by atoms with Gasteiger partial charge in [0.05, 0.1) is 17.0 Å². The standard InChI is InChI=1S/C25H28F2N4O2/c1-14-7-8-31-21(11-16-5-4-6-18(10-16)29-15(2)32)24(30-22(31)9-14)23-19(26)12-17(13-20(23)27)25(33)28-3/h7-9,12-13,16,18H,4-6,10-11H2,1-3H3,(H,28,33)(H,29,32)/t16-,18-/m0/s1. The predicted octanol–water partition coefficient (Wildman–Crippen LogP) is 4.18. The lowest BCUT2D eigenvalue weighted by Crippen LogP contribution is -2.37. The van der Waals surface area contributed by atoms with Gasteiger partial charge in [-0.05, 0) is 68.4 Å². The molecule has 4 rings (SSSR count). The molecule has 0 unspecified atom stereocenters. The van der Waals surface area contributed by atoms with Gasteiger partial charge in [0.25, 0.3) is 5.91 Å². The SMILES string of the molecule is CNC(=O)c1cc(F)c(-c2nc3cc(C)ccn3c2C[C@H]2CCC[C@H](NC(C)=O)C2)c(F)c1. The lowest BCUT2D eigenvalue weighted by molar-refractivity contribution is -0.119. The molecule has 2 amide bonds. The van der Waals surface area contributed by atoms with Crippen LogP contribution in [0.2, 0.25) is 0 Å². The summed E-state index contributed by atoms with van der Waals surface area (Å²) in [7, 11) is 1.41. The molecule has 174 valence electrons. The van der Waals surface area contributed by atoms with Gasteiger partial charge in [0.1, 0.15) is 17.3 Å². The lowest BCUT2D eigenvalue weighted by Gasteiger charge is -2.29. The largest absolute Gasteiger partial charge is 0.355 e. The second-order valence-electron chi connectivity index (χ2n) is 8.87. The Balaban J connectivity index is 1.78. The molecule has 1 aromatic carbocycles. The van der Waals surface area contributed by atoms with E-state index in [0.29, 0.717) is 12.1 Å². The maximum Gasteiger partial charge on any atom is 0.251 e. The minimum absolute atomic E-state index is 0.0491. The van der Waals surface area contributed by atoms with Crippen LogP contribution in [0.25, 0.3) is 16.9 Å². The molecule has 33 heavy (non-hydrogen) atoms. The van der Waals surface area contributed by atoms with E-state index in [0.717, 1.165) is 49.1 Å². The molecule has 6 nitrogen and oxygen atoms in total. The van der Waals surface area contributed by atoms with Gasteiger partial charge in [-0.1, -0.05) is 6.42 Å². The Labute approximate surface area is 191 Å². The number of imidazole rings is 1. The topological polar surface area (TPSA) is 75.5 Å². The fourth-order valence-electron chi connectivity index (χ4n) is 4.84. The monoisotopic (exact) mass is 454 g/mol. The molecule has 2 aromatic heterocycles. The Bertz CT molecular complexity index is 1200. The number of amides is 2. The van der Waals surface area contributed by atoms with Crippen molar-refractivity contribution in [3.05, 3.63) is 58.9 Å². The molecule has 1 aliphatic rings. The van der Waals surface area contributed by atoms with E-state index in [1.165, 1.54) is 14.0 Å². The number of hydrogen-bond acceptors (Lipinski definition) is 3. The smallest absolute Gasteiger partial charge is 0.251 e. The van der Waals surface area contributed by atoms with E-state index in [-0.39, 0.29) is 34.7 Å². The van der Waals surface area contributed by atoms with Crippen LogP contribution in [0.4, 0.5) is 8.78 Å². The van der Waals surface area contributed by atoms with Crippen LogP contribution in [0.15, 0.2) is 30.5 Å². The molecule has 1 saturated carbocycles. The maximum absolute atomic E-state index is 15.1. The molecule has 0 saturated heterocycles. The fourth-order valence-corrected chi connectivity index (χ4v) is 4.84. The van der Waals surface area contributed by atoms with Crippen molar-refractivity contribution in [3.8, 4) is 11.3 Å². The predicted molar refractivity (Wildman–Crippen MR) is 122 cm³/mol. The molecule has 2 heterocycles. The number of carbonyl (C=O) groups is 2. The van der Waals surface area contributed by atoms with Crippen molar-refractivity contribution >= 4 is 17.5 Å². The highest BCUT2D eigenvalue weighted by atomic mass is 19.1. The highest BCUT2D eigenvalue weighted by Gasteiger charge is 2.28. The molecule has 1 fully saturated rings. The average Bonchev–Trinajstić information content (AvgIpc) is 3.09.